The van der Waals surface area contributed by atoms with Crippen LogP contribution in [0.4, 0.5) is 5.69 Å². The van der Waals surface area contributed by atoms with Crippen LogP contribution in [0.3, 0.4) is 0 Å². The van der Waals surface area contributed by atoms with E-state index in [-0.39, 0.29) is 21.5 Å². The predicted octanol–water partition coefficient (Wildman–Crippen LogP) is 6.21. The molecule has 0 spiro atoms. The van der Waals surface area contributed by atoms with Crippen molar-refractivity contribution in [1.29, 1.82) is 5.26 Å². The molecule has 2 unspecified atom stereocenters. The van der Waals surface area contributed by atoms with Crippen molar-refractivity contribution in [3.05, 3.63) is 57.7 Å². The molecule has 2 atom stereocenters. The largest absolute Gasteiger partial charge is 0.454 e. The van der Waals surface area contributed by atoms with Crippen LogP contribution >= 0.6 is 23.2 Å². The summed E-state index contributed by atoms with van der Waals surface area (Å²) in [5, 5.41) is 38.1. The van der Waals surface area contributed by atoms with E-state index in [1.165, 1.54) is 25.0 Å². The molecular formula is C28H29Cl2N5O3. The minimum Gasteiger partial charge on any atom is -0.454 e. The average Bonchev–Trinajstić information content (AvgIpc) is 2.86. The second-order valence-corrected chi connectivity index (χ2v) is 11.5. The molecule has 2 heterocycles. The highest BCUT2D eigenvalue weighted by Crippen LogP contribution is 2.43. The van der Waals surface area contributed by atoms with E-state index in [0.29, 0.717) is 22.8 Å². The van der Waals surface area contributed by atoms with Crippen LogP contribution in [-0.2, 0) is 0 Å². The fourth-order valence-corrected chi connectivity index (χ4v) is 5.61. The van der Waals surface area contributed by atoms with Gasteiger partial charge < -0.3 is 14.9 Å². The zero-order valence-corrected chi connectivity index (χ0v) is 22.9. The summed E-state index contributed by atoms with van der Waals surface area (Å²) in [6.45, 7) is 6.77. The molecule has 1 aromatic heterocycles. The van der Waals surface area contributed by atoms with E-state index < -0.39 is 12.6 Å². The average molecular weight is 554 g/mol. The second-order valence-electron chi connectivity index (χ2n) is 10.7. The molecule has 198 valence electrons. The summed E-state index contributed by atoms with van der Waals surface area (Å²) in [6.07, 6.45) is 1.98. The smallest absolute Gasteiger partial charge is 0.206 e. The van der Waals surface area contributed by atoms with Gasteiger partial charge in [0.1, 0.15) is 11.8 Å². The number of nitrogens with one attached hydrogen (secondary N) is 1. The van der Waals surface area contributed by atoms with Crippen molar-refractivity contribution in [3.8, 4) is 17.6 Å². The molecule has 1 fully saturated rings. The van der Waals surface area contributed by atoms with Crippen LogP contribution < -0.4 is 15.1 Å². The molecule has 0 saturated heterocycles. The Bertz CT molecular complexity index is 1440. The Hall–Kier alpha value is -2.93. The van der Waals surface area contributed by atoms with Crippen LogP contribution in [-0.4, -0.2) is 33.5 Å². The first-order valence-corrected chi connectivity index (χ1v) is 13.3. The van der Waals surface area contributed by atoms with E-state index in [9.17, 15) is 10.2 Å². The van der Waals surface area contributed by atoms with Crippen LogP contribution in [0, 0.1) is 23.7 Å². The molecule has 0 amide bonds. The highest BCUT2D eigenvalue weighted by molar-refractivity contribution is 6.37. The highest BCUT2D eigenvalue weighted by atomic mass is 35.5. The van der Waals surface area contributed by atoms with Gasteiger partial charge in [0, 0.05) is 17.0 Å². The van der Waals surface area contributed by atoms with Gasteiger partial charge in [-0.05, 0) is 80.0 Å². The topological polar surface area (TPSA) is 114 Å². The van der Waals surface area contributed by atoms with Gasteiger partial charge in [-0.3, -0.25) is 4.98 Å². The molecule has 1 saturated carbocycles. The van der Waals surface area contributed by atoms with Gasteiger partial charge in [0.2, 0.25) is 6.35 Å². The number of nitrogens with zero attached hydrogens (tertiary/aromatic N) is 4. The van der Waals surface area contributed by atoms with Crippen LogP contribution in [0.25, 0.3) is 10.9 Å². The molecule has 5 rings (SSSR count). The maximum Gasteiger partial charge on any atom is 0.206 e. The molecule has 2 aliphatic rings. The maximum atomic E-state index is 10.3. The lowest BCUT2D eigenvalue weighted by molar-refractivity contribution is 0.0631. The van der Waals surface area contributed by atoms with Gasteiger partial charge in [0.15, 0.2) is 17.7 Å². The molecule has 38 heavy (non-hydrogen) atoms. The zero-order valence-electron chi connectivity index (χ0n) is 21.4. The van der Waals surface area contributed by atoms with Gasteiger partial charge in [-0.25, -0.2) is 10.3 Å². The third-order valence-corrected chi connectivity index (χ3v) is 7.92. The Balaban J connectivity index is 1.40. The molecule has 0 radical (unpaired) electrons. The number of aliphatic hydroxyl groups excluding tert-OH is 2. The van der Waals surface area contributed by atoms with Crippen LogP contribution in [0.15, 0.2) is 41.5 Å². The van der Waals surface area contributed by atoms with Gasteiger partial charge in [-0.1, -0.05) is 37.0 Å². The number of fused-ring (bicyclic) bond motifs is 1. The summed E-state index contributed by atoms with van der Waals surface area (Å²) in [6, 6.07) is 12.7. The number of ether oxygens (including phenoxy) is 1. The van der Waals surface area contributed by atoms with Crippen molar-refractivity contribution in [2.45, 2.75) is 65.0 Å². The normalized spacial score (nSPS) is 21.7. The standard InChI is InChI=1S/C28H29Cl2N5O3/c1-15-10-23(16-6-8-28(2,3)9-7-16)32-22-5-4-18(13-19(15)22)38-25-20(29)11-17(12-21(25)30)35-27(37)33-26(36)24(14-31)34-35/h4-5,10-13,16,26-27,33,36-37H,6-9H2,1-3H3. The minimum atomic E-state index is -1.39. The number of hydrazone groups is 1. The number of benzene rings is 2. The van der Waals surface area contributed by atoms with E-state index >= 15 is 0 Å². The lowest BCUT2D eigenvalue weighted by atomic mass is 9.72. The Kier molecular flexibility index (Phi) is 7.25. The minimum absolute atomic E-state index is 0.185. The number of anilines is 1. The van der Waals surface area contributed by atoms with Crippen molar-refractivity contribution in [2.75, 3.05) is 5.01 Å². The third-order valence-electron chi connectivity index (χ3n) is 7.36. The fraction of sp³-hybridized carbons (Fsp3) is 0.393. The number of hydrogen-bond donors (Lipinski definition) is 3. The molecule has 3 N–H and O–H groups in total. The van der Waals surface area contributed by atoms with Crippen LogP contribution in [0.2, 0.25) is 10.0 Å². The first kappa shape index (κ1) is 26.7. The van der Waals surface area contributed by atoms with Gasteiger partial charge >= 0.3 is 0 Å². The number of hydrogen-bond acceptors (Lipinski definition) is 8. The number of aromatic nitrogens is 1. The van der Waals surface area contributed by atoms with Crippen molar-refractivity contribution in [1.82, 2.24) is 10.3 Å². The number of aryl methyl sites for hydroxylation is 1. The number of rotatable bonds is 4. The molecule has 10 heteroatoms. The van der Waals surface area contributed by atoms with Gasteiger partial charge in [-0.15, -0.1) is 0 Å². The third kappa shape index (κ3) is 5.31. The quantitative estimate of drug-likeness (QED) is 0.351. The van der Waals surface area contributed by atoms with E-state index in [2.05, 4.69) is 37.3 Å². The first-order valence-electron chi connectivity index (χ1n) is 12.5. The molecule has 1 aliphatic heterocycles. The number of halogens is 2. The number of nitriles is 1. The monoisotopic (exact) mass is 553 g/mol. The molecule has 3 aromatic rings. The Morgan fingerprint density at radius 2 is 1.79 bits per heavy atom. The Morgan fingerprint density at radius 3 is 2.45 bits per heavy atom. The molecule has 2 aromatic carbocycles. The van der Waals surface area contributed by atoms with Crippen molar-refractivity contribution in [2.24, 2.45) is 10.5 Å². The second kappa shape index (κ2) is 10.3. The van der Waals surface area contributed by atoms with E-state index in [1.807, 2.05) is 18.2 Å². The molecule has 1 aliphatic carbocycles. The maximum absolute atomic E-state index is 10.3. The lowest BCUT2D eigenvalue weighted by Gasteiger charge is -2.34. The number of aliphatic hydroxyl groups is 2. The Morgan fingerprint density at radius 1 is 1.11 bits per heavy atom. The van der Waals surface area contributed by atoms with Crippen LogP contribution in [0.1, 0.15) is 56.7 Å². The van der Waals surface area contributed by atoms with Gasteiger partial charge in [0.05, 0.1) is 21.2 Å². The summed E-state index contributed by atoms with van der Waals surface area (Å²) >= 11 is 13.0. The lowest BCUT2D eigenvalue weighted by Crippen LogP contribution is -2.55. The van der Waals surface area contributed by atoms with E-state index in [4.69, 9.17) is 38.2 Å². The molecule has 0 bridgehead atoms. The van der Waals surface area contributed by atoms with E-state index in [0.717, 1.165) is 40.0 Å². The predicted molar refractivity (Wildman–Crippen MR) is 149 cm³/mol. The highest BCUT2D eigenvalue weighted by Gasteiger charge is 2.30. The summed E-state index contributed by atoms with van der Waals surface area (Å²) < 4.78 is 6.08. The van der Waals surface area contributed by atoms with Gasteiger partial charge in [-0.2, -0.15) is 10.4 Å². The summed E-state index contributed by atoms with van der Waals surface area (Å²) in [7, 11) is 0. The first-order chi connectivity index (χ1) is 18.0. The fourth-order valence-electron chi connectivity index (χ4n) is 5.06. The van der Waals surface area contributed by atoms with E-state index in [1.54, 1.807) is 6.07 Å². The molecular weight excluding hydrogens is 525 g/mol. The Labute approximate surface area is 231 Å². The van der Waals surface area contributed by atoms with Crippen LogP contribution in [0.5, 0.6) is 11.5 Å². The van der Waals surface area contributed by atoms with Crippen molar-refractivity contribution < 1.29 is 14.9 Å². The SMILES string of the molecule is Cc1cc(C2CCC(C)(C)CC2)nc2ccc(Oc3c(Cl)cc(N4N=C(C#N)C(O)NC4O)cc3Cl)cc12. The van der Waals surface area contributed by atoms with Gasteiger partial charge in [0.25, 0.3) is 0 Å². The zero-order chi connectivity index (χ0) is 27.2. The number of pyridine rings is 1. The van der Waals surface area contributed by atoms with Crippen molar-refractivity contribution in [3.63, 3.8) is 0 Å². The van der Waals surface area contributed by atoms with Crippen molar-refractivity contribution >= 4 is 45.5 Å². The summed E-state index contributed by atoms with van der Waals surface area (Å²) in [5.74, 6) is 1.29. The molecule has 8 nitrogen and oxygen atoms in total. The summed E-state index contributed by atoms with van der Waals surface area (Å²) in [5.41, 5.74) is 3.72. The summed E-state index contributed by atoms with van der Waals surface area (Å²) in [4.78, 5) is 4.98.